The number of nitrogens with one attached hydrogen (secondary N) is 2. The molecule has 1 unspecified atom stereocenters. The number of imide groups is 1. The van der Waals surface area contributed by atoms with E-state index in [9.17, 15) is 14.4 Å². The Balaban J connectivity index is 2.08. The molecule has 2 rings (SSSR count). The molecule has 1 atom stereocenters. The number of hydrogen-bond donors (Lipinski definition) is 2. The highest BCUT2D eigenvalue weighted by Crippen LogP contribution is 2.10. The smallest absolute Gasteiger partial charge is 0.308 e. The van der Waals surface area contributed by atoms with Crippen molar-refractivity contribution >= 4 is 23.5 Å². The second-order valence-electron chi connectivity index (χ2n) is 4.01. The number of anilines is 1. The zero-order valence-electron chi connectivity index (χ0n) is 9.84. The maximum absolute atomic E-state index is 12.0. The number of para-hydroxylation sites is 1. The normalized spacial score (nSPS) is 19.4. The maximum atomic E-state index is 12.0. The van der Waals surface area contributed by atoms with Crippen LogP contribution in [0.25, 0.3) is 0 Å². The zero-order valence-corrected chi connectivity index (χ0v) is 9.84. The molecule has 1 fully saturated rings. The molecule has 1 aromatic carbocycles. The van der Waals surface area contributed by atoms with Crippen LogP contribution in [-0.4, -0.2) is 35.3 Å². The SMILES string of the molecule is CC1C(=O)NC(=O)CN1C(=O)Nc1ccccc1. The van der Waals surface area contributed by atoms with Gasteiger partial charge in [0.2, 0.25) is 11.8 Å². The molecule has 4 amide bonds. The van der Waals surface area contributed by atoms with E-state index < -0.39 is 23.9 Å². The molecular weight excluding hydrogens is 234 g/mol. The van der Waals surface area contributed by atoms with Gasteiger partial charge in [-0.2, -0.15) is 0 Å². The Morgan fingerprint density at radius 1 is 1.33 bits per heavy atom. The molecular formula is C12H13N3O3. The second-order valence-corrected chi connectivity index (χ2v) is 4.01. The van der Waals surface area contributed by atoms with Crippen molar-refractivity contribution in [3.05, 3.63) is 30.3 Å². The molecule has 0 aromatic heterocycles. The van der Waals surface area contributed by atoms with Gasteiger partial charge in [0, 0.05) is 5.69 Å². The van der Waals surface area contributed by atoms with Gasteiger partial charge in [-0.1, -0.05) is 18.2 Å². The summed E-state index contributed by atoms with van der Waals surface area (Å²) in [5.41, 5.74) is 0.619. The lowest BCUT2D eigenvalue weighted by atomic mass is 10.2. The minimum atomic E-state index is -0.661. The van der Waals surface area contributed by atoms with Crippen LogP contribution in [-0.2, 0) is 9.59 Å². The molecule has 18 heavy (non-hydrogen) atoms. The molecule has 1 aromatic rings. The zero-order chi connectivity index (χ0) is 13.1. The number of rotatable bonds is 1. The first-order valence-corrected chi connectivity index (χ1v) is 5.54. The van der Waals surface area contributed by atoms with Gasteiger partial charge < -0.3 is 10.2 Å². The topological polar surface area (TPSA) is 78.5 Å². The molecule has 0 bridgehead atoms. The first-order chi connectivity index (χ1) is 8.58. The first-order valence-electron chi connectivity index (χ1n) is 5.54. The van der Waals surface area contributed by atoms with Crippen LogP contribution in [0.4, 0.5) is 10.5 Å². The van der Waals surface area contributed by atoms with Crippen molar-refractivity contribution in [1.82, 2.24) is 10.2 Å². The van der Waals surface area contributed by atoms with Gasteiger partial charge in [-0.15, -0.1) is 0 Å². The van der Waals surface area contributed by atoms with Crippen LogP contribution in [0, 0.1) is 0 Å². The highest BCUT2D eigenvalue weighted by atomic mass is 16.2. The highest BCUT2D eigenvalue weighted by molar-refractivity contribution is 6.05. The van der Waals surface area contributed by atoms with Crippen molar-refractivity contribution in [3.63, 3.8) is 0 Å². The van der Waals surface area contributed by atoms with Crippen LogP contribution >= 0.6 is 0 Å². The maximum Gasteiger partial charge on any atom is 0.322 e. The molecule has 6 heteroatoms. The van der Waals surface area contributed by atoms with Gasteiger partial charge >= 0.3 is 6.03 Å². The van der Waals surface area contributed by atoms with Crippen molar-refractivity contribution in [1.29, 1.82) is 0 Å². The molecule has 0 radical (unpaired) electrons. The predicted octanol–water partition coefficient (Wildman–Crippen LogP) is 0.565. The van der Waals surface area contributed by atoms with Crippen molar-refractivity contribution in [3.8, 4) is 0 Å². The lowest BCUT2D eigenvalue weighted by molar-refractivity contribution is -0.137. The van der Waals surface area contributed by atoms with E-state index in [0.717, 1.165) is 0 Å². The lowest BCUT2D eigenvalue weighted by Crippen LogP contribution is -2.59. The minimum absolute atomic E-state index is 0.119. The Kier molecular flexibility index (Phi) is 3.27. The summed E-state index contributed by atoms with van der Waals surface area (Å²) in [7, 11) is 0. The number of hydrogen-bond acceptors (Lipinski definition) is 3. The Bertz CT molecular complexity index is 487. The van der Waals surface area contributed by atoms with E-state index in [2.05, 4.69) is 10.6 Å². The van der Waals surface area contributed by atoms with E-state index in [1.807, 2.05) is 6.07 Å². The van der Waals surface area contributed by atoms with Crippen LogP contribution in [0.5, 0.6) is 0 Å². The molecule has 2 N–H and O–H groups in total. The summed E-state index contributed by atoms with van der Waals surface area (Å²) in [6, 6.07) is 7.74. The van der Waals surface area contributed by atoms with E-state index in [1.165, 1.54) is 4.90 Å². The van der Waals surface area contributed by atoms with E-state index in [-0.39, 0.29) is 6.54 Å². The molecule has 1 aliphatic heterocycles. The van der Waals surface area contributed by atoms with Gasteiger partial charge in [0.1, 0.15) is 12.6 Å². The van der Waals surface area contributed by atoms with Crippen LogP contribution in [0.1, 0.15) is 6.92 Å². The molecule has 1 heterocycles. The fourth-order valence-electron chi connectivity index (χ4n) is 1.68. The van der Waals surface area contributed by atoms with Gasteiger partial charge in [0.05, 0.1) is 0 Å². The second kappa shape index (κ2) is 4.87. The van der Waals surface area contributed by atoms with Crippen LogP contribution in [0.3, 0.4) is 0 Å². The quantitative estimate of drug-likeness (QED) is 0.712. The summed E-state index contributed by atoms with van der Waals surface area (Å²) >= 11 is 0. The number of benzene rings is 1. The van der Waals surface area contributed by atoms with Crippen molar-refractivity contribution in [2.24, 2.45) is 0 Å². The third kappa shape index (κ3) is 2.48. The summed E-state index contributed by atoms with van der Waals surface area (Å²) < 4.78 is 0. The molecule has 0 spiro atoms. The average Bonchev–Trinajstić information content (AvgIpc) is 2.35. The molecule has 0 aliphatic carbocycles. The number of nitrogens with zero attached hydrogens (tertiary/aromatic N) is 1. The van der Waals surface area contributed by atoms with Crippen molar-refractivity contribution in [2.75, 3.05) is 11.9 Å². The minimum Gasteiger partial charge on any atom is -0.308 e. The fraction of sp³-hybridized carbons (Fsp3) is 0.250. The summed E-state index contributed by atoms with van der Waals surface area (Å²) in [4.78, 5) is 35.8. The van der Waals surface area contributed by atoms with Gasteiger partial charge in [-0.05, 0) is 19.1 Å². The monoisotopic (exact) mass is 247 g/mol. The Labute approximate surface area is 104 Å². The number of piperazine rings is 1. The van der Waals surface area contributed by atoms with Crippen LogP contribution < -0.4 is 10.6 Å². The molecule has 94 valence electrons. The Morgan fingerprint density at radius 2 is 2.00 bits per heavy atom. The number of amides is 4. The molecule has 0 saturated carbocycles. The van der Waals surface area contributed by atoms with Crippen molar-refractivity contribution < 1.29 is 14.4 Å². The molecule has 1 saturated heterocycles. The van der Waals surface area contributed by atoms with E-state index in [1.54, 1.807) is 31.2 Å². The van der Waals surface area contributed by atoms with Gasteiger partial charge in [-0.3, -0.25) is 14.9 Å². The fourth-order valence-corrected chi connectivity index (χ4v) is 1.68. The van der Waals surface area contributed by atoms with Crippen LogP contribution in [0.2, 0.25) is 0 Å². The highest BCUT2D eigenvalue weighted by Gasteiger charge is 2.33. The summed E-state index contributed by atoms with van der Waals surface area (Å²) in [5.74, 6) is -0.934. The molecule has 6 nitrogen and oxygen atoms in total. The van der Waals surface area contributed by atoms with Gasteiger partial charge in [-0.25, -0.2) is 4.79 Å². The standard InChI is InChI=1S/C12H13N3O3/c1-8-11(17)14-10(16)7-15(8)12(18)13-9-5-3-2-4-6-9/h2-6,8H,7H2,1H3,(H,13,18)(H,14,16,17). The number of urea groups is 1. The van der Waals surface area contributed by atoms with E-state index in [0.29, 0.717) is 5.69 Å². The third-order valence-electron chi connectivity index (χ3n) is 2.71. The number of carbonyl (C=O) groups excluding carboxylic acids is 3. The Hall–Kier alpha value is -2.37. The average molecular weight is 247 g/mol. The first kappa shape index (κ1) is 12.1. The Morgan fingerprint density at radius 3 is 2.67 bits per heavy atom. The summed E-state index contributed by atoms with van der Waals surface area (Å²) in [6.45, 7) is 1.46. The predicted molar refractivity (Wildman–Crippen MR) is 64.8 cm³/mol. The van der Waals surface area contributed by atoms with Gasteiger partial charge in [0.15, 0.2) is 0 Å². The summed E-state index contributed by atoms with van der Waals surface area (Å²) in [6.07, 6.45) is 0. The number of carbonyl (C=O) groups is 3. The van der Waals surface area contributed by atoms with Crippen molar-refractivity contribution in [2.45, 2.75) is 13.0 Å². The van der Waals surface area contributed by atoms with Gasteiger partial charge in [0.25, 0.3) is 0 Å². The summed E-state index contributed by atoms with van der Waals surface area (Å²) in [5, 5.41) is 4.82. The largest absolute Gasteiger partial charge is 0.322 e. The van der Waals surface area contributed by atoms with E-state index >= 15 is 0 Å². The third-order valence-corrected chi connectivity index (χ3v) is 2.71. The lowest BCUT2D eigenvalue weighted by Gasteiger charge is -2.31. The van der Waals surface area contributed by atoms with Crippen LogP contribution in [0.15, 0.2) is 30.3 Å². The molecule has 1 aliphatic rings. The van der Waals surface area contributed by atoms with E-state index in [4.69, 9.17) is 0 Å².